The second-order valence-corrected chi connectivity index (χ2v) is 14.8. The second kappa shape index (κ2) is 63.8. The molecule has 0 nitrogen and oxygen atoms in total. The minimum atomic E-state index is 0. The largest absolute Gasteiger partial charge is 0.184 e. The molecule has 0 heterocycles. The topological polar surface area (TPSA) is 0 Å². The van der Waals surface area contributed by atoms with Crippen LogP contribution in [0, 0.1) is 36.4 Å². The first kappa shape index (κ1) is 93.3. The molecule has 0 aliphatic rings. The summed E-state index contributed by atoms with van der Waals surface area (Å²) < 4.78 is 0. The van der Waals surface area contributed by atoms with E-state index < -0.39 is 0 Å². The Morgan fingerprint density at radius 1 is 0.292 bits per heavy atom. The summed E-state index contributed by atoms with van der Waals surface area (Å²) in [7, 11) is 0. The van der Waals surface area contributed by atoms with E-state index in [9.17, 15) is 0 Å². The third-order valence-corrected chi connectivity index (χ3v) is 11.2. The van der Waals surface area contributed by atoms with Crippen molar-refractivity contribution < 1.29 is 196 Å². The normalized spacial score (nSPS) is 11.1. The molecule has 0 saturated carbocycles. The molecule has 0 N–H and O–H groups in total. The summed E-state index contributed by atoms with van der Waals surface area (Å²) in [5, 5.41) is 0. The second-order valence-electron chi connectivity index (χ2n) is 14.8. The fourth-order valence-electron chi connectivity index (χ4n) is 6.49. The van der Waals surface area contributed by atoms with Crippen LogP contribution in [0.4, 0.5) is 0 Å². The van der Waals surface area contributed by atoms with Crippen LogP contribution in [0.5, 0.6) is 0 Å². The Morgan fingerprint density at radius 3 is 0.806 bits per heavy atom. The summed E-state index contributed by atoms with van der Waals surface area (Å²) in [5.74, 6) is 2.90. The van der Waals surface area contributed by atoms with E-state index in [-0.39, 0.29) is 196 Å². The number of benzene rings is 6. The van der Waals surface area contributed by atoms with Gasteiger partial charge in [-0.3, -0.25) is 0 Å². The van der Waals surface area contributed by atoms with E-state index in [1.165, 1.54) is 62.9 Å². The van der Waals surface area contributed by atoms with Crippen molar-refractivity contribution in [3.05, 3.63) is 214 Å². The zero-order chi connectivity index (χ0) is 50.9. The Bertz CT molecular complexity index is 1860. The molecular weight excluding hydrogens is 1330 g/mol. The molecule has 72 heavy (non-hydrogen) atoms. The Hall–Kier alpha value is 1.94. The molecule has 0 aliphatic heterocycles. The molecule has 6 heteroatoms. The van der Waals surface area contributed by atoms with Gasteiger partial charge in [0.15, 0.2) is 0 Å². The summed E-state index contributed by atoms with van der Waals surface area (Å²) in [5.41, 5.74) is 12.0. The van der Waals surface area contributed by atoms with E-state index >= 15 is 0 Å². The van der Waals surface area contributed by atoms with Gasteiger partial charge in [0.05, 0.1) is 0 Å². The van der Waals surface area contributed by atoms with Crippen molar-refractivity contribution in [2.75, 3.05) is 0 Å². The smallest absolute Gasteiger partial charge is 0 e. The molecule has 0 aromatic heterocycles. The van der Waals surface area contributed by atoms with Crippen molar-refractivity contribution in [2.45, 2.75) is 200 Å². The maximum Gasteiger partial charge on any atom is 0 e. The van der Waals surface area contributed by atoms with Crippen molar-refractivity contribution in [1.82, 2.24) is 0 Å². The van der Waals surface area contributed by atoms with Gasteiger partial charge < -0.3 is 0 Å². The predicted molar refractivity (Wildman–Crippen MR) is 298 cm³/mol. The Kier molecular flexibility index (Phi) is 82.6. The first-order valence-corrected chi connectivity index (χ1v) is 26.1. The van der Waals surface area contributed by atoms with Gasteiger partial charge in [-0.1, -0.05) is 165 Å². The molecule has 6 aromatic carbocycles. The van der Waals surface area contributed by atoms with Crippen LogP contribution < -0.4 is 0 Å². The van der Waals surface area contributed by atoms with Gasteiger partial charge in [-0.25, -0.2) is 0 Å². The van der Waals surface area contributed by atoms with Crippen LogP contribution in [-0.4, -0.2) is 0 Å². The summed E-state index contributed by atoms with van der Waals surface area (Å²) in [4.78, 5) is 0. The molecule has 0 bridgehead atoms. The fourth-order valence-corrected chi connectivity index (χ4v) is 6.49. The minimum absolute atomic E-state index is 0. The standard InChI is InChI=1S/C26H27.C18H20.C10H13.6C2H6.6Y/c1-5-19(2)24-16-25(20(3)22-12-8-6-9-13-22)18-26(17-24)21(4)23-14-10-7-11-15-23;1-4-14(2)17-11-8-12-18(13-17)15(3)16-9-6-5-7-10-16;1-3-9(2)10-7-5-4-6-8-10;6*1-2;;;;;;/h8-17,19-21H,5H2,1-4H3;6-11,13-15H,4H2,1-3H3;5-9H,3H2,1-2H3;6*1-2H3;;;;;;/q-3;-2;-1;;;;;;;;;;;;. The van der Waals surface area contributed by atoms with Crippen LogP contribution in [0.25, 0.3) is 0 Å². The third kappa shape index (κ3) is 37.7. The van der Waals surface area contributed by atoms with Crippen LogP contribution in [0.3, 0.4) is 0 Å². The fraction of sp³-hybridized carbons (Fsp3) is 0.455. The summed E-state index contributed by atoms with van der Waals surface area (Å²) in [6.45, 7) is 44.3. The van der Waals surface area contributed by atoms with Crippen LogP contribution in [0.1, 0.15) is 250 Å². The van der Waals surface area contributed by atoms with E-state index in [0.29, 0.717) is 35.5 Å². The molecule has 6 rings (SSSR count). The number of hydrogen-bond donors (Lipinski definition) is 0. The first-order chi connectivity index (χ1) is 32.2. The van der Waals surface area contributed by atoms with Gasteiger partial charge >= 0.3 is 0 Å². The maximum atomic E-state index is 3.74. The van der Waals surface area contributed by atoms with Gasteiger partial charge in [-0.2, -0.15) is 214 Å². The van der Waals surface area contributed by atoms with Crippen molar-refractivity contribution >= 4 is 0 Å². The van der Waals surface area contributed by atoms with E-state index in [4.69, 9.17) is 0 Å². The van der Waals surface area contributed by atoms with E-state index in [2.05, 4.69) is 178 Å². The molecule has 0 saturated heterocycles. The molecule has 0 aliphatic carbocycles. The van der Waals surface area contributed by atoms with Gasteiger partial charge in [-0.05, 0) is 35.5 Å². The average molecular weight is 1420 g/mol. The minimum Gasteiger partial charge on any atom is -0.184 e. The Morgan fingerprint density at radius 2 is 0.514 bits per heavy atom. The van der Waals surface area contributed by atoms with Gasteiger partial charge in [-0.15, -0.1) is 0 Å². The molecule has 0 fully saturated rings. The molecule has 384 valence electrons. The average Bonchev–Trinajstić information content (AvgIpc) is 3.44. The van der Waals surface area contributed by atoms with Crippen LogP contribution >= 0.6 is 0 Å². The predicted octanol–water partition coefficient (Wildman–Crippen LogP) is 21.0. The van der Waals surface area contributed by atoms with Crippen molar-refractivity contribution in [2.24, 2.45) is 0 Å². The molecule has 6 radical (unpaired) electrons. The number of hydrogen-bond acceptors (Lipinski definition) is 0. The van der Waals surface area contributed by atoms with E-state index in [0.717, 1.165) is 6.42 Å². The van der Waals surface area contributed by atoms with Crippen LogP contribution in [0.2, 0.25) is 0 Å². The first-order valence-electron chi connectivity index (χ1n) is 26.1. The molecule has 0 spiro atoms. The molecular formula is C66H96Y6-6. The Balaban J connectivity index is -0.000000109. The number of rotatable bonds is 12. The van der Waals surface area contributed by atoms with E-state index in [1.807, 2.05) is 132 Å². The summed E-state index contributed by atoms with van der Waals surface area (Å²) in [6.07, 6.45) is 3.54. The zero-order valence-corrected chi connectivity index (χ0v) is 66.7. The molecule has 0 amide bonds. The molecule has 6 atom stereocenters. The summed E-state index contributed by atoms with van der Waals surface area (Å²) >= 11 is 0. The van der Waals surface area contributed by atoms with Crippen LogP contribution in [0.15, 0.2) is 127 Å². The van der Waals surface area contributed by atoms with E-state index in [1.54, 1.807) is 0 Å². The van der Waals surface area contributed by atoms with Gasteiger partial charge in [0.2, 0.25) is 0 Å². The van der Waals surface area contributed by atoms with Crippen LogP contribution in [-0.2, 0) is 196 Å². The third-order valence-electron chi connectivity index (χ3n) is 11.2. The van der Waals surface area contributed by atoms with Crippen molar-refractivity contribution in [1.29, 1.82) is 0 Å². The van der Waals surface area contributed by atoms with Gasteiger partial charge in [0.1, 0.15) is 0 Å². The monoisotopic (exact) mass is 1420 g/mol. The summed E-state index contributed by atoms with van der Waals surface area (Å²) in [6, 6.07) is 63.7. The quantitative estimate of drug-likeness (QED) is 0.107. The molecule has 6 unspecified atom stereocenters. The van der Waals surface area contributed by atoms with Gasteiger partial charge in [0.25, 0.3) is 0 Å². The van der Waals surface area contributed by atoms with Crippen molar-refractivity contribution in [3.63, 3.8) is 0 Å². The zero-order valence-electron chi connectivity index (χ0n) is 49.7. The van der Waals surface area contributed by atoms with Crippen molar-refractivity contribution in [3.8, 4) is 0 Å². The Labute approximate surface area is 600 Å². The molecule has 6 aromatic rings. The SMILES string of the molecule is CC.CC.CC.CC.CC.CC.CCC(C)c1cc(C(C)c2cc[c-]cc2)[c-]c(C(C)c2cc[c-]cc2)c1.CCC(C)c1cc[c-]c(C(C)c2cc[c-]cc2)c1.CCC(C)c1cc[c-]cc1.[Y].[Y].[Y].[Y].[Y].[Y]. The van der Waals surface area contributed by atoms with Gasteiger partial charge in [0, 0.05) is 196 Å². The maximum absolute atomic E-state index is 3.74.